The Labute approximate surface area is 382 Å². The van der Waals surface area contributed by atoms with Gasteiger partial charge in [-0.15, -0.1) is 0 Å². The van der Waals surface area contributed by atoms with E-state index in [0.717, 1.165) is 31.1 Å². The van der Waals surface area contributed by atoms with Crippen LogP contribution in [0.2, 0.25) is 0 Å². The number of esters is 4. The lowest BCUT2D eigenvalue weighted by Crippen LogP contribution is -2.26. The minimum atomic E-state index is -0.483. The van der Waals surface area contributed by atoms with Gasteiger partial charge in [0.25, 0.3) is 0 Å². The van der Waals surface area contributed by atoms with Crippen molar-refractivity contribution in [1.82, 2.24) is 0 Å². The monoisotopic (exact) mass is 891 g/mol. The minimum Gasteiger partial charge on any atom is -0.482 e. The average molecular weight is 891 g/mol. The van der Waals surface area contributed by atoms with Crippen LogP contribution in [0.15, 0.2) is 30.3 Å². The molecule has 0 heterocycles. The molecule has 5 rings (SSSR count). The molecule has 4 aliphatic rings. The minimum absolute atomic E-state index is 0.0109. The van der Waals surface area contributed by atoms with Gasteiger partial charge in [-0.25, -0.2) is 4.79 Å². The molecular weight excluding hydrogens is 801 g/mol. The maximum Gasteiger partial charge on any atom is 0.344 e. The number of para-hydroxylation sites is 1. The molecule has 3 unspecified atom stereocenters. The highest BCUT2D eigenvalue weighted by molar-refractivity contribution is 5.71. The lowest BCUT2D eigenvalue weighted by atomic mass is 9.80. The Morgan fingerprint density at radius 1 is 0.619 bits per heavy atom. The zero-order valence-electron chi connectivity index (χ0n) is 40.8. The first-order valence-electron chi connectivity index (χ1n) is 24.9. The van der Waals surface area contributed by atoms with E-state index in [9.17, 15) is 24.3 Å². The van der Waals surface area contributed by atoms with Crippen molar-refractivity contribution >= 4 is 23.9 Å². The topological polar surface area (TPSA) is 155 Å². The van der Waals surface area contributed by atoms with E-state index in [1.807, 2.05) is 52.8 Å². The molecule has 1 aromatic carbocycles. The van der Waals surface area contributed by atoms with E-state index in [2.05, 4.69) is 18.6 Å². The second-order valence-corrected chi connectivity index (χ2v) is 18.4. The quantitative estimate of drug-likeness (QED) is 0.128. The van der Waals surface area contributed by atoms with Gasteiger partial charge in [0.1, 0.15) is 30.7 Å². The van der Waals surface area contributed by atoms with Crippen molar-refractivity contribution in [3.05, 3.63) is 30.3 Å². The maximum absolute atomic E-state index is 11.3. The Bertz CT molecular complexity index is 1290. The van der Waals surface area contributed by atoms with E-state index < -0.39 is 5.97 Å². The molecule has 11 nitrogen and oxygen atoms in total. The molecule has 4 aliphatic carbocycles. The summed E-state index contributed by atoms with van der Waals surface area (Å²) in [5, 5.41) is 17.6. The fourth-order valence-corrected chi connectivity index (χ4v) is 8.75. The molecule has 3 atom stereocenters. The van der Waals surface area contributed by atoms with Gasteiger partial charge in [0.05, 0.1) is 12.7 Å². The number of aliphatic hydroxyl groups excluding tert-OH is 2. The third-order valence-corrected chi connectivity index (χ3v) is 12.8. The van der Waals surface area contributed by atoms with Crippen LogP contribution in [0.1, 0.15) is 197 Å². The first-order chi connectivity index (χ1) is 30.2. The second-order valence-electron chi connectivity index (χ2n) is 18.4. The summed E-state index contributed by atoms with van der Waals surface area (Å²) in [7, 11) is 0. The van der Waals surface area contributed by atoms with E-state index >= 15 is 0 Å². The molecule has 1 aromatic rings. The third kappa shape index (κ3) is 29.1. The van der Waals surface area contributed by atoms with Gasteiger partial charge in [-0.05, 0) is 133 Å². The van der Waals surface area contributed by atoms with Crippen LogP contribution in [0.3, 0.4) is 0 Å². The van der Waals surface area contributed by atoms with Gasteiger partial charge < -0.3 is 33.9 Å². The van der Waals surface area contributed by atoms with Gasteiger partial charge >= 0.3 is 23.9 Å². The van der Waals surface area contributed by atoms with Gasteiger partial charge in [-0.2, -0.15) is 0 Å². The number of carbonyl (C=O) groups excluding carboxylic acids is 4. The molecule has 63 heavy (non-hydrogen) atoms. The molecule has 0 radical (unpaired) electrons. The van der Waals surface area contributed by atoms with Gasteiger partial charge in [0.2, 0.25) is 0 Å². The molecule has 0 bridgehead atoms. The molecule has 0 aliphatic heterocycles. The predicted octanol–water partition coefficient (Wildman–Crippen LogP) is 11.5. The maximum atomic E-state index is 11.3. The highest BCUT2D eigenvalue weighted by atomic mass is 16.6. The summed E-state index contributed by atoms with van der Waals surface area (Å²) >= 11 is 0. The predicted molar refractivity (Wildman–Crippen MR) is 250 cm³/mol. The fraction of sp³-hybridized carbons (Fsp3) is 0.808. The highest BCUT2D eigenvalue weighted by Crippen LogP contribution is 2.32. The average Bonchev–Trinajstić information content (AvgIpc) is 3.29. The van der Waals surface area contributed by atoms with Crippen LogP contribution >= 0.6 is 0 Å². The molecule has 11 heteroatoms. The zero-order chi connectivity index (χ0) is 46.8. The smallest absolute Gasteiger partial charge is 0.344 e. The Balaban J connectivity index is 0.000000397. The molecule has 2 N–H and O–H groups in total. The van der Waals surface area contributed by atoms with Crippen molar-refractivity contribution in [2.75, 3.05) is 19.8 Å². The van der Waals surface area contributed by atoms with Crippen LogP contribution in [-0.2, 0) is 38.1 Å². The van der Waals surface area contributed by atoms with E-state index in [1.165, 1.54) is 116 Å². The Kier molecular flexibility index (Phi) is 33.1. The standard InChI is InChI=1S/2C12H22O2.C10H12O4.C10H18O2.C8H16O/c1-4-12(13)14-11-7-5-10(6-8-11)9(2)3;1-3-7-12(13)14-10(2)11-8-5-4-6-9-11;11-6-7-13-10(12)8-14-9-4-2-1-3-5-9;1-8(12-9(2)11)10-6-4-3-5-7-10;1-7(9)8-5-3-2-4-6-8/h9-11H,4-8H2,1-3H3;10-11H,3-9H2,1-2H3;1-5,11H,6-8H2;8,10H,3-7H2,1-2H3;7-9H,2-6H2,1H3. The SMILES string of the molecule is CC(=O)OC(C)C1CCCCC1.CC(O)C1CCCCC1.CCC(=O)OC1CCC(C(C)C)CC1.CCCC(=O)OC(C)C1CCCCC1.O=C(COc1ccccc1)OCCO. The van der Waals surface area contributed by atoms with E-state index in [-0.39, 0.29) is 62.1 Å². The first-order valence-corrected chi connectivity index (χ1v) is 24.9. The number of ether oxygens (including phenoxy) is 5. The van der Waals surface area contributed by atoms with Crippen LogP contribution in [0.5, 0.6) is 5.75 Å². The number of hydrogen-bond acceptors (Lipinski definition) is 11. The summed E-state index contributed by atoms with van der Waals surface area (Å²) in [6, 6.07) is 8.98. The first kappa shape index (κ1) is 57.8. The molecule has 4 fully saturated rings. The number of aliphatic hydroxyl groups is 2. The van der Waals surface area contributed by atoms with Crippen molar-refractivity contribution in [3.8, 4) is 5.75 Å². The van der Waals surface area contributed by atoms with Crippen LogP contribution in [0.25, 0.3) is 0 Å². The normalized spacial score (nSPS) is 20.7. The summed E-state index contributed by atoms with van der Waals surface area (Å²) in [6.45, 7) is 15.6. The number of rotatable bonds is 15. The van der Waals surface area contributed by atoms with Crippen molar-refractivity contribution in [1.29, 1.82) is 0 Å². The van der Waals surface area contributed by atoms with Crippen LogP contribution in [0.4, 0.5) is 0 Å². The molecule has 0 aromatic heterocycles. The van der Waals surface area contributed by atoms with Gasteiger partial charge in [-0.1, -0.05) is 104 Å². The largest absolute Gasteiger partial charge is 0.482 e. The van der Waals surface area contributed by atoms with E-state index in [4.69, 9.17) is 24.1 Å². The lowest BCUT2D eigenvalue weighted by Gasteiger charge is -2.30. The molecule has 364 valence electrons. The van der Waals surface area contributed by atoms with E-state index in [1.54, 1.807) is 12.1 Å². The summed E-state index contributed by atoms with van der Waals surface area (Å²) < 4.78 is 25.6. The molecule has 0 spiro atoms. The molecular formula is C52H90O11. The Hall–Kier alpha value is -3.18. The molecule has 4 saturated carbocycles. The number of hydrogen-bond donors (Lipinski definition) is 2. The van der Waals surface area contributed by atoms with Gasteiger partial charge in [-0.3, -0.25) is 14.4 Å². The van der Waals surface area contributed by atoms with Crippen LogP contribution in [-0.4, -0.2) is 78.3 Å². The fourth-order valence-electron chi connectivity index (χ4n) is 8.75. The van der Waals surface area contributed by atoms with E-state index in [0.29, 0.717) is 36.3 Å². The van der Waals surface area contributed by atoms with Crippen molar-refractivity contribution in [2.24, 2.45) is 29.6 Å². The zero-order valence-corrected chi connectivity index (χ0v) is 40.8. The van der Waals surface area contributed by atoms with Crippen LogP contribution in [0, 0.1) is 29.6 Å². The second kappa shape index (κ2) is 36.1. The van der Waals surface area contributed by atoms with Gasteiger partial charge in [0, 0.05) is 19.8 Å². The van der Waals surface area contributed by atoms with Gasteiger partial charge in [0.15, 0.2) is 6.61 Å². The summed E-state index contributed by atoms with van der Waals surface area (Å²) in [4.78, 5) is 43.9. The highest BCUT2D eigenvalue weighted by Gasteiger charge is 2.26. The summed E-state index contributed by atoms with van der Waals surface area (Å²) in [5.41, 5.74) is 0. The summed E-state index contributed by atoms with van der Waals surface area (Å²) in [6.07, 6.45) is 26.3. The molecule has 0 amide bonds. The lowest BCUT2D eigenvalue weighted by molar-refractivity contribution is -0.152. The van der Waals surface area contributed by atoms with Crippen LogP contribution < -0.4 is 4.74 Å². The number of benzene rings is 1. The third-order valence-electron chi connectivity index (χ3n) is 12.8. The van der Waals surface area contributed by atoms with Crippen molar-refractivity contribution in [3.63, 3.8) is 0 Å². The molecule has 0 saturated heterocycles. The summed E-state index contributed by atoms with van der Waals surface area (Å²) in [5.74, 6) is 3.38. The van der Waals surface area contributed by atoms with Crippen molar-refractivity contribution < 1.29 is 53.1 Å². The number of carbonyl (C=O) groups is 4. The van der Waals surface area contributed by atoms with Crippen molar-refractivity contribution in [2.45, 2.75) is 221 Å². The Morgan fingerprint density at radius 2 is 1.11 bits per heavy atom. The Morgan fingerprint density at radius 3 is 1.52 bits per heavy atom.